The highest BCUT2D eigenvalue weighted by Crippen LogP contribution is 2.34. The molecule has 2 aromatic rings. The number of carbonyl (C=O) groups excluding carboxylic acids is 2. The van der Waals surface area contributed by atoms with Gasteiger partial charge in [0, 0.05) is 19.5 Å². The van der Waals surface area contributed by atoms with Gasteiger partial charge in [-0.1, -0.05) is 49.4 Å². The maximum absolute atomic E-state index is 12.8. The van der Waals surface area contributed by atoms with Gasteiger partial charge in [0.25, 0.3) is 5.91 Å². The van der Waals surface area contributed by atoms with Crippen molar-refractivity contribution in [2.75, 3.05) is 31.1 Å². The molecule has 2 amide bonds. The lowest BCUT2D eigenvalue weighted by atomic mass is 10.1. The number of benzene rings is 2. The SMILES string of the molecule is CCC1Oc2ccccc2N(CCC(=O)NCC(c2ccccc2)N2CCCC2)C1=O. The number of fused-ring (bicyclic) bond motifs is 1. The van der Waals surface area contributed by atoms with E-state index in [9.17, 15) is 9.59 Å². The topological polar surface area (TPSA) is 61.9 Å². The molecule has 0 radical (unpaired) electrons. The summed E-state index contributed by atoms with van der Waals surface area (Å²) in [4.78, 5) is 29.7. The van der Waals surface area contributed by atoms with Crippen LogP contribution in [0.5, 0.6) is 5.75 Å². The van der Waals surface area contributed by atoms with Crippen molar-refractivity contribution in [2.24, 2.45) is 0 Å². The zero-order valence-electron chi connectivity index (χ0n) is 18.1. The van der Waals surface area contributed by atoms with E-state index in [-0.39, 0.29) is 24.3 Å². The van der Waals surface area contributed by atoms with Crippen LogP contribution in [0.25, 0.3) is 0 Å². The Morgan fingerprint density at radius 3 is 2.55 bits per heavy atom. The van der Waals surface area contributed by atoms with Crippen LogP contribution in [0.4, 0.5) is 5.69 Å². The third kappa shape index (κ3) is 4.90. The van der Waals surface area contributed by atoms with Crippen LogP contribution in [0.1, 0.15) is 44.2 Å². The second-order valence-electron chi connectivity index (χ2n) is 8.20. The highest BCUT2D eigenvalue weighted by Gasteiger charge is 2.33. The summed E-state index contributed by atoms with van der Waals surface area (Å²) in [6.07, 6.45) is 2.78. The molecule has 2 aliphatic rings. The molecule has 1 saturated heterocycles. The second kappa shape index (κ2) is 9.96. The fraction of sp³-hybridized carbons (Fsp3) is 0.440. The lowest BCUT2D eigenvalue weighted by molar-refractivity contribution is -0.126. The molecule has 4 rings (SSSR count). The first-order chi connectivity index (χ1) is 15.2. The van der Waals surface area contributed by atoms with Crippen LogP contribution in [0.2, 0.25) is 0 Å². The molecule has 0 spiro atoms. The number of amides is 2. The summed E-state index contributed by atoms with van der Waals surface area (Å²) in [5.74, 6) is 0.589. The predicted molar refractivity (Wildman–Crippen MR) is 121 cm³/mol. The van der Waals surface area contributed by atoms with Crippen LogP contribution in [-0.2, 0) is 9.59 Å². The van der Waals surface area contributed by atoms with E-state index < -0.39 is 6.10 Å². The Morgan fingerprint density at radius 2 is 1.81 bits per heavy atom. The summed E-state index contributed by atoms with van der Waals surface area (Å²) < 4.78 is 5.82. The predicted octanol–water partition coefficient (Wildman–Crippen LogP) is 3.53. The highest BCUT2D eigenvalue weighted by molar-refractivity contribution is 6.00. The number of nitrogens with zero attached hydrogens (tertiary/aromatic N) is 2. The second-order valence-corrected chi connectivity index (χ2v) is 8.20. The number of rotatable bonds is 8. The standard InChI is InChI=1S/C25H31N3O3/c1-2-22-25(30)28(20-12-6-7-13-23(20)31-22)17-14-24(29)26-18-21(27-15-8-9-16-27)19-10-4-3-5-11-19/h3-7,10-13,21-22H,2,8-9,14-18H2,1H3,(H,26,29). The molecule has 0 aromatic heterocycles. The maximum Gasteiger partial charge on any atom is 0.268 e. The van der Waals surface area contributed by atoms with Gasteiger partial charge in [0.1, 0.15) is 5.75 Å². The van der Waals surface area contributed by atoms with E-state index in [1.54, 1.807) is 4.90 Å². The van der Waals surface area contributed by atoms with Gasteiger partial charge < -0.3 is 15.0 Å². The van der Waals surface area contributed by atoms with Gasteiger partial charge in [0.05, 0.1) is 11.7 Å². The highest BCUT2D eigenvalue weighted by atomic mass is 16.5. The van der Waals surface area contributed by atoms with Crippen molar-refractivity contribution < 1.29 is 14.3 Å². The largest absolute Gasteiger partial charge is 0.478 e. The van der Waals surface area contributed by atoms with Gasteiger partial charge in [-0.2, -0.15) is 0 Å². The Labute approximate surface area is 184 Å². The van der Waals surface area contributed by atoms with Crippen molar-refractivity contribution >= 4 is 17.5 Å². The number of likely N-dealkylation sites (tertiary alicyclic amines) is 1. The van der Waals surface area contributed by atoms with Crippen LogP contribution >= 0.6 is 0 Å². The molecule has 2 aliphatic heterocycles. The first kappa shape index (κ1) is 21.4. The molecule has 6 heteroatoms. The average Bonchev–Trinajstić information content (AvgIpc) is 3.33. The third-order valence-corrected chi connectivity index (χ3v) is 6.16. The normalized spacial score (nSPS) is 19.6. The van der Waals surface area contributed by atoms with Gasteiger partial charge in [0.2, 0.25) is 5.91 Å². The summed E-state index contributed by atoms with van der Waals surface area (Å²) in [7, 11) is 0. The Balaban J connectivity index is 1.38. The monoisotopic (exact) mass is 421 g/mol. The Kier molecular flexibility index (Phi) is 6.87. The summed E-state index contributed by atoms with van der Waals surface area (Å²) in [6, 6.07) is 18.1. The van der Waals surface area contributed by atoms with Gasteiger partial charge in [-0.3, -0.25) is 14.5 Å². The molecule has 2 aromatic carbocycles. The quantitative estimate of drug-likeness (QED) is 0.708. The van der Waals surface area contributed by atoms with Gasteiger partial charge in [-0.15, -0.1) is 0 Å². The fourth-order valence-electron chi connectivity index (χ4n) is 4.46. The summed E-state index contributed by atoms with van der Waals surface area (Å²) >= 11 is 0. The number of para-hydroxylation sites is 2. The van der Waals surface area contributed by atoms with Crippen LogP contribution in [0.15, 0.2) is 54.6 Å². The lowest BCUT2D eigenvalue weighted by Crippen LogP contribution is -2.47. The van der Waals surface area contributed by atoms with E-state index in [2.05, 4.69) is 22.3 Å². The number of carbonyl (C=O) groups is 2. The molecule has 6 nitrogen and oxygen atoms in total. The van der Waals surface area contributed by atoms with Crippen LogP contribution in [0, 0.1) is 0 Å². The molecule has 1 fully saturated rings. The van der Waals surface area contributed by atoms with Crippen LogP contribution in [0.3, 0.4) is 0 Å². The molecule has 0 saturated carbocycles. The van der Waals surface area contributed by atoms with Crippen molar-refractivity contribution in [2.45, 2.75) is 44.8 Å². The van der Waals surface area contributed by atoms with E-state index in [0.29, 0.717) is 25.3 Å². The van der Waals surface area contributed by atoms with Gasteiger partial charge in [0.15, 0.2) is 6.10 Å². The minimum Gasteiger partial charge on any atom is -0.478 e. The number of hydrogen-bond donors (Lipinski definition) is 1. The number of ether oxygens (including phenoxy) is 1. The zero-order chi connectivity index (χ0) is 21.6. The Hall–Kier alpha value is -2.86. The van der Waals surface area contributed by atoms with Crippen molar-refractivity contribution in [1.29, 1.82) is 0 Å². The number of anilines is 1. The Bertz CT molecular complexity index is 896. The van der Waals surface area contributed by atoms with Crippen molar-refractivity contribution in [3.05, 3.63) is 60.2 Å². The molecule has 164 valence electrons. The van der Waals surface area contributed by atoms with Crippen molar-refractivity contribution in [3.8, 4) is 5.75 Å². The average molecular weight is 422 g/mol. The van der Waals surface area contributed by atoms with E-state index in [0.717, 1.165) is 18.8 Å². The van der Waals surface area contributed by atoms with Gasteiger partial charge in [-0.25, -0.2) is 0 Å². The third-order valence-electron chi connectivity index (χ3n) is 6.16. The fourth-order valence-corrected chi connectivity index (χ4v) is 4.46. The minimum atomic E-state index is -0.490. The zero-order valence-corrected chi connectivity index (χ0v) is 18.1. The lowest BCUT2D eigenvalue weighted by Gasteiger charge is -2.34. The van der Waals surface area contributed by atoms with Gasteiger partial charge in [-0.05, 0) is 50.0 Å². The molecule has 0 bridgehead atoms. The molecular formula is C25H31N3O3. The smallest absolute Gasteiger partial charge is 0.268 e. The van der Waals surface area contributed by atoms with E-state index >= 15 is 0 Å². The molecule has 2 atom stereocenters. The Morgan fingerprint density at radius 1 is 1.10 bits per heavy atom. The van der Waals surface area contributed by atoms with Crippen molar-refractivity contribution in [1.82, 2.24) is 10.2 Å². The summed E-state index contributed by atoms with van der Waals surface area (Å²) in [5, 5.41) is 3.11. The molecule has 2 unspecified atom stereocenters. The molecule has 2 heterocycles. The molecular weight excluding hydrogens is 390 g/mol. The first-order valence-corrected chi connectivity index (χ1v) is 11.3. The van der Waals surface area contributed by atoms with Gasteiger partial charge >= 0.3 is 0 Å². The van der Waals surface area contributed by atoms with Crippen LogP contribution in [-0.4, -0.2) is 49.0 Å². The summed E-state index contributed by atoms with van der Waals surface area (Å²) in [6.45, 7) is 4.98. The van der Waals surface area contributed by atoms with E-state index in [4.69, 9.17) is 4.74 Å². The number of hydrogen-bond acceptors (Lipinski definition) is 4. The number of nitrogens with one attached hydrogen (secondary N) is 1. The minimum absolute atomic E-state index is 0.0371. The molecule has 1 N–H and O–H groups in total. The van der Waals surface area contributed by atoms with E-state index in [1.807, 2.05) is 49.4 Å². The first-order valence-electron chi connectivity index (χ1n) is 11.3. The van der Waals surface area contributed by atoms with Crippen LogP contribution < -0.4 is 15.0 Å². The molecule has 31 heavy (non-hydrogen) atoms. The molecule has 0 aliphatic carbocycles. The van der Waals surface area contributed by atoms with E-state index in [1.165, 1.54) is 18.4 Å². The summed E-state index contributed by atoms with van der Waals surface area (Å²) in [5.41, 5.74) is 1.97. The maximum atomic E-state index is 12.8. The van der Waals surface area contributed by atoms with Crippen molar-refractivity contribution in [3.63, 3.8) is 0 Å².